The van der Waals surface area contributed by atoms with Crippen molar-refractivity contribution in [3.63, 3.8) is 0 Å². The van der Waals surface area contributed by atoms with Gasteiger partial charge in [-0.15, -0.1) is 0 Å². The van der Waals surface area contributed by atoms with Crippen LogP contribution < -0.4 is 5.32 Å². The van der Waals surface area contributed by atoms with Gasteiger partial charge >= 0.3 is 0 Å². The smallest absolute Gasteiger partial charge is 0.0781 e. The molecule has 0 bridgehead atoms. The van der Waals surface area contributed by atoms with Crippen LogP contribution in [0.25, 0.3) is 0 Å². The largest absolute Gasteiger partial charge is 0.374 e. The lowest BCUT2D eigenvalue weighted by molar-refractivity contribution is -0.0190. The van der Waals surface area contributed by atoms with E-state index in [4.69, 9.17) is 4.74 Å². The van der Waals surface area contributed by atoms with E-state index in [0.717, 1.165) is 32.8 Å². The molecule has 2 unspecified atom stereocenters. The van der Waals surface area contributed by atoms with Crippen molar-refractivity contribution in [2.24, 2.45) is 5.41 Å². The van der Waals surface area contributed by atoms with Gasteiger partial charge in [0.05, 0.1) is 5.60 Å². The van der Waals surface area contributed by atoms with E-state index in [1.807, 2.05) is 0 Å². The highest BCUT2D eigenvalue weighted by Crippen LogP contribution is 2.28. The van der Waals surface area contributed by atoms with Gasteiger partial charge in [-0.1, -0.05) is 20.8 Å². The number of nitrogens with one attached hydrogen (secondary N) is 1. The fourth-order valence-electron chi connectivity index (χ4n) is 2.97. The van der Waals surface area contributed by atoms with Gasteiger partial charge in [0.1, 0.15) is 0 Å². The standard InChI is InChI=1S/C14H28N2O/c1-13(2,3)12-10-16(8-7-15-12)11-14(4)6-5-9-17-14/h12,15H,5-11H2,1-4H3. The predicted molar refractivity (Wildman–Crippen MR) is 71.3 cm³/mol. The number of ether oxygens (including phenoxy) is 1. The Kier molecular flexibility index (Phi) is 3.81. The SMILES string of the molecule is CC1(CN2CCNC(C(C)(C)C)C2)CCCO1. The van der Waals surface area contributed by atoms with Crippen molar-refractivity contribution in [3.8, 4) is 0 Å². The second-order valence-corrected chi connectivity index (χ2v) is 7.01. The molecule has 2 aliphatic heterocycles. The zero-order valence-corrected chi connectivity index (χ0v) is 11.9. The van der Waals surface area contributed by atoms with Crippen LogP contribution in [0.15, 0.2) is 0 Å². The molecule has 3 heteroatoms. The Morgan fingerprint density at radius 3 is 2.76 bits per heavy atom. The number of hydrogen-bond donors (Lipinski definition) is 1. The Hall–Kier alpha value is -0.120. The molecule has 17 heavy (non-hydrogen) atoms. The molecule has 0 spiro atoms. The summed E-state index contributed by atoms with van der Waals surface area (Å²) in [5.41, 5.74) is 0.454. The van der Waals surface area contributed by atoms with Gasteiger partial charge in [0.2, 0.25) is 0 Å². The van der Waals surface area contributed by atoms with Crippen molar-refractivity contribution in [1.82, 2.24) is 10.2 Å². The van der Waals surface area contributed by atoms with E-state index in [-0.39, 0.29) is 5.60 Å². The molecule has 3 nitrogen and oxygen atoms in total. The van der Waals surface area contributed by atoms with Crippen LogP contribution in [-0.4, -0.2) is 49.3 Å². The maximum absolute atomic E-state index is 5.90. The maximum Gasteiger partial charge on any atom is 0.0781 e. The normalized spacial score (nSPS) is 36.4. The highest BCUT2D eigenvalue weighted by Gasteiger charge is 2.35. The molecule has 2 aliphatic rings. The lowest BCUT2D eigenvalue weighted by atomic mass is 9.85. The van der Waals surface area contributed by atoms with Crippen molar-refractivity contribution in [1.29, 1.82) is 0 Å². The zero-order valence-electron chi connectivity index (χ0n) is 11.9. The first kappa shape index (κ1) is 13.3. The van der Waals surface area contributed by atoms with Crippen molar-refractivity contribution in [2.45, 2.75) is 52.2 Å². The van der Waals surface area contributed by atoms with Crippen molar-refractivity contribution in [3.05, 3.63) is 0 Å². The summed E-state index contributed by atoms with van der Waals surface area (Å²) in [5.74, 6) is 0. The second-order valence-electron chi connectivity index (χ2n) is 7.01. The molecule has 1 N–H and O–H groups in total. The van der Waals surface area contributed by atoms with Gasteiger partial charge in [0.15, 0.2) is 0 Å². The van der Waals surface area contributed by atoms with E-state index in [0.29, 0.717) is 11.5 Å². The summed E-state index contributed by atoms with van der Waals surface area (Å²) < 4.78 is 5.90. The van der Waals surface area contributed by atoms with Crippen molar-refractivity contribution < 1.29 is 4.74 Å². The van der Waals surface area contributed by atoms with Crippen LogP contribution >= 0.6 is 0 Å². The molecule has 2 atom stereocenters. The lowest BCUT2D eigenvalue weighted by Gasteiger charge is -2.42. The van der Waals surface area contributed by atoms with Crippen LogP contribution in [0.2, 0.25) is 0 Å². The van der Waals surface area contributed by atoms with Crippen LogP contribution in [0.5, 0.6) is 0 Å². The maximum atomic E-state index is 5.90. The fourth-order valence-corrected chi connectivity index (χ4v) is 2.97. The summed E-state index contributed by atoms with van der Waals surface area (Å²) in [6.45, 7) is 14.7. The minimum atomic E-state index is 0.111. The van der Waals surface area contributed by atoms with Gasteiger partial charge in [0, 0.05) is 38.8 Å². The summed E-state index contributed by atoms with van der Waals surface area (Å²) in [6.07, 6.45) is 2.45. The Balaban J connectivity index is 1.89. The van der Waals surface area contributed by atoms with E-state index in [2.05, 4.69) is 37.9 Å². The van der Waals surface area contributed by atoms with E-state index in [1.165, 1.54) is 12.8 Å². The molecule has 0 radical (unpaired) electrons. The Morgan fingerprint density at radius 2 is 2.18 bits per heavy atom. The first-order chi connectivity index (χ1) is 7.89. The molecule has 0 aliphatic carbocycles. The van der Waals surface area contributed by atoms with Gasteiger partial charge in [-0.2, -0.15) is 0 Å². The quantitative estimate of drug-likeness (QED) is 0.797. The second kappa shape index (κ2) is 4.87. The summed E-state index contributed by atoms with van der Waals surface area (Å²) in [6, 6.07) is 0.598. The van der Waals surface area contributed by atoms with Gasteiger partial charge in [-0.25, -0.2) is 0 Å². The van der Waals surface area contributed by atoms with Crippen LogP contribution in [-0.2, 0) is 4.74 Å². The summed E-state index contributed by atoms with van der Waals surface area (Å²) in [7, 11) is 0. The third-order valence-electron chi connectivity index (χ3n) is 4.16. The molecule has 0 aromatic heterocycles. The Morgan fingerprint density at radius 1 is 1.41 bits per heavy atom. The minimum Gasteiger partial charge on any atom is -0.374 e. The molecule has 2 fully saturated rings. The van der Waals surface area contributed by atoms with Crippen LogP contribution in [0.1, 0.15) is 40.5 Å². The van der Waals surface area contributed by atoms with Gasteiger partial charge in [0.25, 0.3) is 0 Å². The summed E-state index contributed by atoms with van der Waals surface area (Å²) >= 11 is 0. The fraction of sp³-hybridized carbons (Fsp3) is 1.00. The molecule has 2 heterocycles. The van der Waals surface area contributed by atoms with Crippen LogP contribution in [0.4, 0.5) is 0 Å². The molecular formula is C14H28N2O. The first-order valence-electron chi connectivity index (χ1n) is 6.99. The molecule has 100 valence electrons. The van der Waals surface area contributed by atoms with Crippen LogP contribution in [0.3, 0.4) is 0 Å². The predicted octanol–water partition coefficient (Wildman–Crippen LogP) is 1.88. The molecule has 2 saturated heterocycles. The molecular weight excluding hydrogens is 212 g/mol. The number of piperazine rings is 1. The highest BCUT2D eigenvalue weighted by atomic mass is 16.5. The highest BCUT2D eigenvalue weighted by molar-refractivity contribution is 4.91. The average Bonchev–Trinajstić information content (AvgIpc) is 2.64. The summed E-state index contributed by atoms with van der Waals surface area (Å²) in [4.78, 5) is 2.58. The van der Waals surface area contributed by atoms with Crippen molar-refractivity contribution in [2.75, 3.05) is 32.8 Å². The molecule has 0 saturated carbocycles. The monoisotopic (exact) mass is 240 g/mol. The van der Waals surface area contributed by atoms with Gasteiger partial charge in [-0.3, -0.25) is 4.90 Å². The number of rotatable bonds is 2. The first-order valence-corrected chi connectivity index (χ1v) is 6.99. The van der Waals surface area contributed by atoms with Gasteiger partial charge in [-0.05, 0) is 25.2 Å². The zero-order chi connectivity index (χ0) is 12.5. The Labute approximate surface area is 106 Å². The lowest BCUT2D eigenvalue weighted by Crippen LogP contribution is -2.58. The van der Waals surface area contributed by atoms with E-state index < -0.39 is 0 Å². The average molecular weight is 240 g/mol. The number of hydrogen-bond acceptors (Lipinski definition) is 3. The third-order valence-corrected chi connectivity index (χ3v) is 4.16. The van der Waals surface area contributed by atoms with E-state index >= 15 is 0 Å². The van der Waals surface area contributed by atoms with Crippen LogP contribution in [0, 0.1) is 5.41 Å². The minimum absolute atomic E-state index is 0.111. The van der Waals surface area contributed by atoms with Gasteiger partial charge < -0.3 is 10.1 Å². The van der Waals surface area contributed by atoms with E-state index in [9.17, 15) is 0 Å². The Bertz CT molecular complexity index is 253. The third kappa shape index (κ3) is 3.43. The molecule has 0 aromatic carbocycles. The molecule has 2 rings (SSSR count). The number of nitrogens with zero attached hydrogens (tertiary/aromatic N) is 1. The molecule has 0 aromatic rings. The van der Waals surface area contributed by atoms with Crippen molar-refractivity contribution >= 4 is 0 Å². The summed E-state index contributed by atoms with van der Waals surface area (Å²) in [5, 5.41) is 3.64. The topological polar surface area (TPSA) is 24.5 Å². The van der Waals surface area contributed by atoms with E-state index in [1.54, 1.807) is 0 Å². The molecule has 0 amide bonds.